The molecule has 3 fully saturated rings. The number of carbonyl (C=O) groups is 2. The molecule has 0 aromatic heterocycles. The lowest BCUT2D eigenvalue weighted by Gasteiger charge is -2.27. The molecule has 4 nitrogen and oxygen atoms in total. The van der Waals surface area contributed by atoms with Crippen LogP contribution in [-0.2, 0) is 20.5 Å². The standard InChI is InChI=1S/C17H16F3NO3/c1-15-6-7-16(2,24-15)12-11(15)13(22)21(14(12)23)10-5-3-4-9(8-10)17(18,19)20/h3-5,8,11-12H,6-7H2,1-2H3/t11-,12?,15?,16?/m1/s1. The van der Waals surface area contributed by atoms with Crippen LogP contribution in [-0.4, -0.2) is 23.0 Å². The van der Waals surface area contributed by atoms with E-state index in [4.69, 9.17) is 4.74 Å². The lowest BCUT2D eigenvalue weighted by molar-refractivity contribution is -0.138. The van der Waals surface area contributed by atoms with E-state index >= 15 is 0 Å². The Labute approximate surface area is 136 Å². The van der Waals surface area contributed by atoms with E-state index in [-0.39, 0.29) is 5.69 Å². The molecule has 0 radical (unpaired) electrons. The molecule has 0 spiro atoms. The number of hydrogen-bond acceptors (Lipinski definition) is 3. The molecule has 3 aliphatic rings. The van der Waals surface area contributed by atoms with Crippen LogP contribution in [0.15, 0.2) is 24.3 Å². The summed E-state index contributed by atoms with van der Waals surface area (Å²) in [6.07, 6.45) is -3.20. The van der Waals surface area contributed by atoms with Crippen molar-refractivity contribution in [2.45, 2.75) is 44.1 Å². The fourth-order valence-corrected chi connectivity index (χ4v) is 4.54. The smallest absolute Gasteiger partial charge is 0.367 e. The largest absolute Gasteiger partial charge is 0.416 e. The Morgan fingerprint density at radius 1 is 1.08 bits per heavy atom. The average molecular weight is 339 g/mol. The molecule has 2 bridgehead atoms. The van der Waals surface area contributed by atoms with Crippen molar-refractivity contribution in [3.8, 4) is 0 Å². The summed E-state index contributed by atoms with van der Waals surface area (Å²) in [6.45, 7) is 3.62. The highest BCUT2D eigenvalue weighted by Crippen LogP contribution is 2.60. The summed E-state index contributed by atoms with van der Waals surface area (Å²) >= 11 is 0. The summed E-state index contributed by atoms with van der Waals surface area (Å²) in [4.78, 5) is 26.6. The molecule has 3 heterocycles. The number of halogens is 3. The maximum Gasteiger partial charge on any atom is 0.416 e. The Morgan fingerprint density at radius 2 is 1.62 bits per heavy atom. The van der Waals surface area contributed by atoms with Crippen molar-refractivity contribution in [2.75, 3.05) is 4.90 Å². The van der Waals surface area contributed by atoms with Gasteiger partial charge in [-0.2, -0.15) is 13.2 Å². The zero-order valence-electron chi connectivity index (χ0n) is 13.2. The highest BCUT2D eigenvalue weighted by atomic mass is 19.4. The highest BCUT2D eigenvalue weighted by Gasteiger charge is 2.72. The van der Waals surface area contributed by atoms with Crippen LogP contribution in [0.4, 0.5) is 18.9 Å². The van der Waals surface area contributed by atoms with Gasteiger partial charge in [-0.1, -0.05) is 6.07 Å². The minimum Gasteiger partial charge on any atom is -0.367 e. The van der Waals surface area contributed by atoms with Crippen LogP contribution in [0.25, 0.3) is 0 Å². The summed E-state index contributed by atoms with van der Waals surface area (Å²) in [6, 6.07) is 4.34. The topological polar surface area (TPSA) is 46.6 Å². The lowest BCUT2D eigenvalue weighted by atomic mass is 9.69. The van der Waals surface area contributed by atoms with Gasteiger partial charge in [0, 0.05) is 0 Å². The predicted octanol–water partition coefficient (Wildman–Crippen LogP) is 3.15. The number of carbonyl (C=O) groups excluding carboxylic acids is 2. The first kappa shape index (κ1) is 15.6. The monoisotopic (exact) mass is 339 g/mol. The van der Waals surface area contributed by atoms with Crippen LogP contribution in [0.5, 0.6) is 0 Å². The predicted molar refractivity (Wildman–Crippen MR) is 78.0 cm³/mol. The number of anilines is 1. The van der Waals surface area contributed by atoms with Crippen molar-refractivity contribution in [1.82, 2.24) is 0 Å². The molecule has 128 valence electrons. The molecular formula is C17H16F3NO3. The zero-order valence-corrected chi connectivity index (χ0v) is 13.2. The van der Waals surface area contributed by atoms with Gasteiger partial charge in [0.1, 0.15) is 0 Å². The SMILES string of the molecule is CC12CCC(C)(O1)[C@H]1C(=O)N(c3cccc(C(F)(F)F)c3)C(=O)C12. The summed E-state index contributed by atoms with van der Waals surface area (Å²) in [5, 5.41) is 0. The second kappa shape index (κ2) is 4.39. The van der Waals surface area contributed by atoms with E-state index in [9.17, 15) is 22.8 Å². The number of imide groups is 1. The fourth-order valence-electron chi connectivity index (χ4n) is 4.54. The number of rotatable bonds is 1. The van der Waals surface area contributed by atoms with Gasteiger partial charge < -0.3 is 4.74 Å². The van der Waals surface area contributed by atoms with Crippen LogP contribution in [0.2, 0.25) is 0 Å². The second-order valence-corrected chi connectivity index (χ2v) is 7.24. The van der Waals surface area contributed by atoms with Crippen LogP contribution in [0.3, 0.4) is 0 Å². The molecule has 1 aromatic rings. The Morgan fingerprint density at radius 3 is 2.12 bits per heavy atom. The van der Waals surface area contributed by atoms with Crippen LogP contribution < -0.4 is 4.90 Å². The Kier molecular flexibility index (Phi) is 2.86. The molecule has 3 saturated heterocycles. The van der Waals surface area contributed by atoms with Crippen molar-refractivity contribution in [1.29, 1.82) is 0 Å². The quantitative estimate of drug-likeness (QED) is 0.739. The molecule has 1 aromatic carbocycles. The Balaban J connectivity index is 1.77. The highest BCUT2D eigenvalue weighted by molar-refractivity contribution is 6.23. The van der Waals surface area contributed by atoms with Crippen molar-refractivity contribution >= 4 is 17.5 Å². The normalized spacial score (nSPS) is 38.1. The lowest BCUT2D eigenvalue weighted by Crippen LogP contribution is -2.40. The van der Waals surface area contributed by atoms with Gasteiger partial charge >= 0.3 is 6.18 Å². The molecule has 0 saturated carbocycles. The van der Waals surface area contributed by atoms with Crippen molar-refractivity contribution in [2.24, 2.45) is 11.8 Å². The minimum atomic E-state index is -4.53. The van der Waals surface area contributed by atoms with E-state index in [0.29, 0.717) is 12.8 Å². The van der Waals surface area contributed by atoms with Gasteiger partial charge in [0.2, 0.25) is 11.8 Å². The number of nitrogens with zero attached hydrogens (tertiary/aromatic N) is 1. The van der Waals surface area contributed by atoms with E-state index < -0.39 is 46.6 Å². The molecule has 3 unspecified atom stereocenters. The van der Waals surface area contributed by atoms with Gasteiger partial charge in [-0.3, -0.25) is 9.59 Å². The molecule has 2 amide bonds. The maximum absolute atomic E-state index is 12.9. The first-order valence-corrected chi connectivity index (χ1v) is 7.82. The van der Waals surface area contributed by atoms with Crippen LogP contribution in [0, 0.1) is 11.8 Å². The molecule has 7 heteroatoms. The van der Waals surface area contributed by atoms with Crippen molar-refractivity contribution in [3.63, 3.8) is 0 Å². The van der Waals surface area contributed by atoms with E-state index in [1.807, 2.05) is 13.8 Å². The number of alkyl halides is 3. The molecule has 0 aliphatic carbocycles. The number of benzene rings is 1. The van der Waals surface area contributed by atoms with Gasteiger partial charge in [0.05, 0.1) is 34.3 Å². The number of fused-ring (bicyclic) bond motifs is 5. The summed E-state index contributed by atoms with van der Waals surface area (Å²) in [5.41, 5.74) is -2.35. The Hall–Kier alpha value is -1.89. The Bertz CT molecular complexity index is 728. The second-order valence-electron chi connectivity index (χ2n) is 7.24. The van der Waals surface area contributed by atoms with Gasteiger partial charge in [0.25, 0.3) is 0 Å². The third-order valence-corrected chi connectivity index (χ3v) is 5.64. The van der Waals surface area contributed by atoms with Crippen molar-refractivity contribution in [3.05, 3.63) is 29.8 Å². The third-order valence-electron chi connectivity index (χ3n) is 5.64. The van der Waals surface area contributed by atoms with Gasteiger partial charge in [0.15, 0.2) is 0 Å². The fraction of sp³-hybridized carbons (Fsp3) is 0.529. The first-order valence-electron chi connectivity index (χ1n) is 7.82. The average Bonchev–Trinajstić information content (AvgIpc) is 3.03. The van der Waals surface area contributed by atoms with Crippen LogP contribution >= 0.6 is 0 Å². The van der Waals surface area contributed by atoms with Gasteiger partial charge in [-0.25, -0.2) is 4.90 Å². The van der Waals surface area contributed by atoms with E-state index in [1.165, 1.54) is 12.1 Å². The molecule has 4 rings (SSSR count). The summed E-state index contributed by atoms with van der Waals surface area (Å²) in [5.74, 6) is -2.18. The third kappa shape index (κ3) is 1.84. The van der Waals surface area contributed by atoms with Crippen molar-refractivity contribution < 1.29 is 27.5 Å². The van der Waals surface area contributed by atoms with E-state index in [2.05, 4.69) is 0 Å². The number of ether oxygens (including phenoxy) is 1. The summed E-state index contributed by atoms with van der Waals surface area (Å²) in [7, 11) is 0. The van der Waals surface area contributed by atoms with Crippen LogP contribution in [0.1, 0.15) is 32.3 Å². The molecule has 4 atom stereocenters. The van der Waals surface area contributed by atoms with Gasteiger partial charge in [-0.15, -0.1) is 0 Å². The maximum atomic E-state index is 12.9. The molecule has 0 N–H and O–H groups in total. The first-order chi connectivity index (χ1) is 11.1. The number of hydrogen-bond donors (Lipinski definition) is 0. The molecule has 24 heavy (non-hydrogen) atoms. The van der Waals surface area contributed by atoms with E-state index in [1.54, 1.807) is 0 Å². The molecular weight excluding hydrogens is 323 g/mol. The zero-order chi connectivity index (χ0) is 17.5. The van der Waals surface area contributed by atoms with E-state index in [0.717, 1.165) is 17.0 Å². The number of amides is 2. The molecule has 3 aliphatic heterocycles. The minimum absolute atomic E-state index is 0.0270. The summed E-state index contributed by atoms with van der Waals surface area (Å²) < 4.78 is 44.8. The van der Waals surface area contributed by atoms with Gasteiger partial charge in [-0.05, 0) is 44.9 Å².